The Morgan fingerprint density at radius 1 is 1.00 bits per heavy atom. The minimum Gasteiger partial charge on any atom is -0.479 e. The van der Waals surface area contributed by atoms with Gasteiger partial charge in [0.2, 0.25) is 0 Å². The maximum absolute atomic E-state index is 10.2. The van der Waals surface area contributed by atoms with E-state index in [1.54, 1.807) is 0 Å². The summed E-state index contributed by atoms with van der Waals surface area (Å²) in [5.41, 5.74) is 0. The third-order valence-electron chi connectivity index (χ3n) is 2.09. The van der Waals surface area contributed by atoms with Gasteiger partial charge in [-0.05, 0) is 6.42 Å². The van der Waals surface area contributed by atoms with Gasteiger partial charge in [0.25, 0.3) is 0 Å². The molecule has 0 bridgehead atoms. The van der Waals surface area contributed by atoms with Crippen LogP contribution in [0.4, 0.5) is 0 Å². The summed E-state index contributed by atoms with van der Waals surface area (Å²) in [5.74, 6) is -1.72. The molecule has 0 aromatic carbocycles. The summed E-state index contributed by atoms with van der Waals surface area (Å²) in [6.07, 6.45) is -9.08. The third-order valence-corrected chi connectivity index (χ3v) is 2.09. The van der Waals surface area contributed by atoms with Crippen molar-refractivity contribution in [3.05, 3.63) is 0 Å². The summed E-state index contributed by atoms with van der Waals surface area (Å²) >= 11 is 0. The van der Waals surface area contributed by atoms with Gasteiger partial charge in [0.15, 0.2) is 6.10 Å². The summed E-state index contributed by atoms with van der Waals surface area (Å²) < 4.78 is 0. The first-order valence-electron chi connectivity index (χ1n) is 4.46. The molecular weight excluding hydrogens is 208 g/mol. The number of hydrogen-bond donors (Lipinski definition) is 6. The van der Waals surface area contributed by atoms with E-state index in [9.17, 15) is 15.0 Å². The molecule has 0 rings (SSSR count). The molecule has 0 aliphatic heterocycles. The van der Waals surface area contributed by atoms with Gasteiger partial charge in [-0.25, -0.2) is 4.79 Å². The average molecular weight is 224 g/mol. The van der Waals surface area contributed by atoms with Crippen molar-refractivity contribution in [3.63, 3.8) is 0 Å². The minimum absolute atomic E-state index is 0.119. The van der Waals surface area contributed by atoms with Gasteiger partial charge in [-0.15, -0.1) is 0 Å². The first-order valence-corrected chi connectivity index (χ1v) is 4.46. The molecule has 0 aliphatic carbocycles. The number of hydrogen-bond acceptors (Lipinski definition) is 6. The molecule has 5 atom stereocenters. The van der Waals surface area contributed by atoms with Crippen LogP contribution in [0.15, 0.2) is 0 Å². The van der Waals surface area contributed by atoms with Crippen molar-refractivity contribution in [1.29, 1.82) is 0 Å². The minimum atomic E-state index is -2.21. The molecule has 0 amide bonds. The second kappa shape index (κ2) is 5.99. The molecule has 7 heteroatoms. The smallest absolute Gasteiger partial charge is 0.335 e. The molecule has 0 radical (unpaired) electrons. The van der Waals surface area contributed by atoms with Crippen LogP contribution in [0.2, 0.25) is 0 Å². The Bertz CT molecular complexity index is 207. The fourth-order valence-electron chi connectivity index (χ4n) is 1.00. The van der Waals surface area contributed by atoms with Crippen molar-refractivity contribution in [2.45, 2.75) is 43.9 Å². The Balaban J connectivity index is 4.42. The standard InChI is InChI=1S/C8H16O7/c1-2-3(9)4(10)5(11)6(12)7(13)8(14)15/h3-7,9-13H,2H2,1H3,(H,14,15)/t3-,4-,5+,6-,7-/m0/s1. The molecule has 0 aromatic heterocycles. The Hall–Kier alpha value is -0.730. The second-order valence-corrected chi connectivity index (χ2v) is 3.23. The lowest BCUT2D eigenvalue weighted by atomic mass is 9.98. The van der Waals surface area contributed by atoms with Crippen molar-refractivity contribution in [3.8, 4) is 0 Å². The average Bonchev–Trinajstić information content (AvgIpc) is 2.23. The van der Waals surface area contributed by atoms with Gasteiger partial charge in [0, 0.05) is 0 Å². The van der Waals surface area contributed by atoms with Crippen LogP contribution < -0.4 is 0 Å². The van der Waals surface area contributed by atoms with Crippen molar-refractivity contribution >= 4 is 5.97 Å². The first kappa shape index (κ1) is 14.3. The summed E-state index contributed by atoms with van der Waals surface area (Å²) in [6, 6.07) is 0. The normalized spacial score (nSPS) is 21.5. The first-order chi connectivity index (χ1) is 6.82. The number of aliphatic hydroxyl groups is 5. The molecule has 6 N–H and O–H groups in total. The zero-order chi connectivity index (χ0) is 12.2. The van der Waals surface area contributed by atoms with E-state index in [1.807, 2.05) is 0 Å². The third kappa shape index (κ3) is 3.73. The van der Waals surface area contributed by atoms with E-state index < -0.39 is 36.5 Å². The van der Waals surface area contributed by atoms with E-state index >= 15 is 0 Å². The molecule has 0 aromatic rings. The second-order valence-electron chi connectivity index (χ2n) is 3.23. The van der Waals surface area contributed by atoms with Crippen LogP contribution in [0, 0.1) is 0 Å². The number of aliphatic hydroxyl groups excluding tert-OH is 5. The van der Waals surface area contributed by atoms with Crippen LogP contribution in [0.3, 0.4) is 0 Å². The highest BCUT2D eigenvalue weighted by atomic mass is 16.4. The molecule has 15 heavy (non-hydrogen) atoms. The predicted octanol–water partition coefficient (Wildman–Crippen LogP) is -2.71. The van der Waals surface area contributed by atoms with E-state index in [-0.39, 0.29) is 6.42 Å². The Morgan fingerprint density at radius 2 is 1.47 bits per heavy atom. The number of carboxylic acid groups (broad SMARTS) is 1. The number of carboxylic acids is 1. The number of rotatable bonds is 6. The SMILES string of the molecule is CC[C@H](O)[C@H](O)[C@@H](O)[C@H](O)[C@H](O)C(=O)O. The van der Waals surface area contributed by atoms with Crippen LogP contribution in [0.1, 0.15) is 13.3 Å². The van der Waals surface area contributed by atoms with Crippen molar-refractivity contribution < 1.29 is 35.4 Å². The van der Waals surface area contributed by atoms with Crippen molar-refractivity contribution in [2.75, 3.05) is 0 Å². The molecule has 0 spiro atoms. The Labute approximate surface area is 86.2 Å². The highest BCUT2D eigenvalue weighted by Crippen LogP contribution is 2.10. The number of carbonyl (C=O) groups is 1. The molecule has 0 unspecified atom stereocenters. The molecule has 7 nitrogen and oxygen atoms in total. The topological polar surface area (TPSA) is 138 Å². The molecule has 90 valence electrons. The van der Waals surface area contributed by atoms with Crippen LogP contribution in [0.5, 0.6) is 0 Å². The van der Waals surface area contributed by atoms with Gasteiger partial charge in [-0.2, -0.15) is 0 Å². The monoisotopic (exact) mass is 224 g/mol. The van der Waals surface area contributed by atoms with Gasteiger partial charge >= 0.3 is 5.97 Å². The molecule has 0 heterocycles. The van der Waals surface area contributed by atoms with Crippen molar-refractivity contribution in [2.24, 2.45) is 0 Å². The lowest BCUT2D eigenvalue weighted by Crippen LogP contribution is -2.51. The quantitative estimate of drug-likeness (QED) is 0.288. The highest BCUT2D eigenvalue weighted by Gasteiger charge is 2.36. The van der Waals surface area contributed by atoms with E-state index in [0.717, 1.165) is 0 Å². The lowest BCUT2D eigenvalue weighted by Gasteiger charge is -2.27. The van der Waals surface area contributed by atoms with Crippen molar-refractivity contribution in [1.82, 2.24) is 0 Å². The Morgan fingerprint density at radius 3 is 1.80 bits per heavy atom. The van der Waals surface area contributed by atoms with Gasteiger partial charge < -0.3 is 30.6 Å². The fraction of sp³-hybridized carbons (Fsp3) is 0.875. The van der Waals surface area contributed by atoms with Gasteiger partial charge in [-0.1, -0.05) is 6.92 Å². The zero-order valence-electron chi connectivity index (χ0n) is 8.19. The molecule has 0 aliphatic rings. The summed E-state index contributed by atoms with van der Waals surface area (Å²) in [5, 5.41) is 53.9. The molecule has 0 saturated carbocycles. The maximum Gasteiger partial charge on any atom is 0.335 e. The van der Waals surface area contributed by atoms with E-state index in [1.165, 1.54) is 6.92 Å². The fourth-order valence-corrected chi connectivity index (χ4v) is 1.00. The van der Waals surface area contributed by atoms with Crippen LogP contribution >= 0.6 is 0 Å². The lowest BCUT2D eigenvalue weighted by molar-refractivity contribution is -0.168. The van der Waals surface area contributed by atoms with Gasteiger partial charge in [0.1, 0.15) is 18.3 Å². The molecule has 0 saturated heterocycles. The summed E-state index contributed by atoms with van der Waals surface area (Å²) in [4.78, 5) is 10.2. The summed E-state index contributed by atoms with van der Waals surface area (Å²) in [7, 11) is 0. The summed E-state index contributed by atoms with van der Waals surface area (Å²) in [6.45, 7) is 1.53. The largest absolute Gasteiger partial charge is 0.479 e. The van der Waals surface area contributed by atoms with Crippen LogP contribution in [-0.2, 0) is 4.79 Å². The van der Waals surface area contributed by atoms with E-state index in [4.69, 9.17) is 20.4 Å². The highest BCUT2D eigenvalue weighted by molar-refractivity contribution is 5.72. The number of aliphatic carboxylic acids is 1. The molecule has 0 fully saturated rings. The molecular formula is C8H16O7. The van der Waals surface area contributed by atoms with E-state index in [0.29, 0.717) is 0 Å². The van der Waals surface area contributed by atoms with E-state index in [2.05, 4.69) is 0 Å². The Kier molecular flexibility index (Phi) is 5.69. The van der Waals surface area contributed by atoms with Gasteiger partial charge in [-0.3, -0.25) is 0 Å². The van der Waals surface area contributed by atoms with Crippen LogP contribution in [0.25, 0.3) is 0 Å². The van der Waals surface area contributed by atoms with Crippen LogP contribution in [-0.4, -0.2) is 67.1 Å². The predicted molar refractivity (Wildman–Crippen MR) is 48.0 cm³/mol. The van der Waals surface area contributed by atoms with Gasteiger partial charge in [0.05, 0.1) is 6.10 Å². The zero-order valence-corrected chi connectivity index (χ0v) is 8.19. The maximum atomic E-state index is 10.2.